The van der Waals surface area contributed by atoms with Crippen LogP contribution >= 0.6 is 0 Å². The lowest BCUT2D eigenvalue weighted by molar-refractivity contribution is -0.136. The maximum Gasteiger partial charge on any atom is 0.233 e. The van der Waals surface area contributed by atoms with Gasteiger partial charge in [-0.15, -0.1) is 0 Å². The first-order valence-electron chi connectivity index (χ1n) is 7.65. The normalized spacial score (nSPS) is 23.4. The highest BCUT2D eigenvalue weighted by Gasteiger charge is 2.53. The van der Waals surface area contributed by atoms with Gasteiger partial charge in [0.05, 0.1) is 5.41 Å². The van der Waals surface area contributed by atoms with E-state index in [2.05, 4.69) is 24.0 Å². The summed E-state index contributed by atoms with van der Waals surface area (Å²) in [7, 11) is 0. The van der Waals surface area contributed by atoms with Crippen LogP contribution in [-0.4, -0.2) is 30.4 Å². The Kier molecular flexibility index (Phi) is 3.33. The third-order valence-electron chi connectivity index (χ3n) is 5.24. The van der Waals surface area contributed by atoms with Gasteiger partial charge < -0.3 is 10.6 Å². The summed E-state index contributed by atoms with van der Waals surface area (Å²) in [6.07, 6.45) is 4.06. The zero-order valence-electron chi connectivity index (χ0n) is 12.3. The van der Waals surface area contributed by atoms with Gasteiger partial charge >= 0.3 is 0 Å². The number of nitrogens with zero attached hydrogens (tertiary/aromatic N) is 1. The number of carbonyl (C=O) groups is 1. The number of likely N-dealkylation sites (tertiary alicyclic amines) is 1. The van der Waals surface area contributed by atoms with E-state index >= 15 is 0 Å². The fourth-order valence-corrected chi connectivity index (χ4v) is 3.26. The molecule has 0 radical (unpaired) electrons. The second-order valence-electron chi connectivity index (χ2n) is 6.76. The van der Waals surface area contributed by atoms with Gasteiger partial charge in [-0.3, -0.25) is 4.79 Å². The largest absolute Gasteiger partial charge is 0.342 e. The molecule has 1 amide bonds. The molecular formula is C17H24N2O. The number of benzene rings is 1. The molecule has 0 bridgehead atoms. The highest BCUT2D eigenvalue weighted by Crippen LogP contribution is 2.50. The van der Waals surface area contributed by atoms with Gasteiger partial charge in [-0.25, -0.2) is 0 Å². The number of carbonyl (C=O) groups excluding carboxylic acids is 1. The molecule has 2 aliphatic rings. The molecule has 1 saturated carbocycles. The quantitative estimate of drug-likeness (QED) is 0.917. The van der Waals surface area contributed by atoms with E-state index in [9.17, 15) is 4.79 Å². The van der Waals surface area contributed by atoms with Crippen LogP contribution in [-0.2, 0) is 10.2 Å². The third kappa shape index (κ3) is 2.24. The van der Waals surface area contributed by atoms with Gasteiger partial charge in [0.2, 0.25) is 5.91 Å². The molecule has 3 rings (SSSR count). The van der Waals surface area contributed by atoms with E-state index in [1.807, 2.05) is 18.2 Å². The van der Waals surface area contributed by atoms with Crippen LogP contribution in [0.2, 0.25) is 0 Å². The van der Waals surface area contributed by atoms with Gasteiger partial charge in [-0.2, -0.15) is 0 Å². The number of hydrogen-bond acceptors (Lipinski definition) is 2. The van der Waals surface area contributed by atoms with Crippen molar-refractivity contribution in [1.82, 2.24) is 4.90 Å². The number of hydrogen-bond donors (Lipinski definition) is 1. The number of piperidine rings is 1. The topological polar surface area (TPSA) is 46.3 Å². The van der Waals surface area contributed by atoms with E-state index in [0.717, 1.165) is 45.3 Å². The fourth-order valence-electron chi connectivity index (χ4n) is 3.26. The lowest BCUT2D eigenvalue weighted by Gasteiger charge is -2.40. The van der Waals surface area contributed by atoms with Crippen molar-refractivity contribution in [3.63, 3.8) is 0 Å². The molecule has 1 aliphatic heterocycles. The molecule has 0 spiro atoms. The smallest absolute Gasteiger partial charge is 0.233 e. The first kappa shape index (κ1) is 13.6. The summed E-state index contributed by atoms with van der Waals surface area (Å²) in [4.78, 5) is 14.9. The maximum atomic E-state index is 12.9. The summed E-state index contributed by atoms with van der Waals surface area (Å²) >= 11 is 0. The van der Waals surface area contributed by atoms with Gasteiger partial charge in [0.1, 0.15) is 0 Å². The molecule has 0 atom stereocenters. The van der Waals surface area contributed by atoms with Gasteiger partial charge in [0.25, 0.3) is 0 Å². The van der Waals surface area contributed by atoms with Crippen molar-refractivity contribution in [1.29, 1.82) is 0 Å². The molecule has 1 saturated heterocycles. The molecular weight excluding hydrogens is 248 g/mol. The van der Waals surface area contributed by atoms with Crippen molar-refractivity contribution in [2.45, 2.75) is 38.0 Å². The van der Waals surface area contributed by atoms with Crippen LogP contribution in [0.5, 0.6) is 0 Å². The molecule has 3 nitrogen and oxygen atoms in total. The van der Waals surface area contributed by atoms with E-state index in [0.29, 0.717) is 5.91 Å². The van der Waals surface area contributed by atoms with Crippen LogP contribution in [0.4, 0.5) is 0 Å². The van der Waals surface area contributed by atoms with Crippen molar-refractivity contribution in [3.05, 3.63) is 35.9 Å². The summed E-state index contributed by atoms with van der Waals surface area (Å²) in [5, 5.41) is 0. The lowest BCUT2D eigenvalue weighted by atomic mass is 9.80. The van der Waals surface area contributed by atoms with Crippen LogP contribution in [0.15, 0.2) is 30.3 Å². The molecule has 0 unspecified atom stereocenters. The molecule has 2 fully saturated rings. The summed E-state index contributed by atoms with van der Waals surface area (Å²) in [6.45, 7) is 4.68. The molecule has 1 heterocycles. The Bertz CT molecular complexity index is 485. The standard InChI is InChI=1S/C17H24N2O/c1-16(13-18)9-11-19(12-10-16)15(20)17(7-8-17)14-5-3-2-4-6-14/h2-6H,7-13,18H2,1H3. The molecule has 108 valence electrons. The monoisotopic (exact) mass is 272 g/mol. The van der Waals surface area contributed by atoms with Crippen molar-refractivity contribution >= 4 is 5.91 Å². The van der Waals surface area contributed by atoms with Crippen LogP contribution in [0, 0.1) is 5.41 Å². The zero-order chi connectivity index (χ0) is 14.2. The number of rotatable bonds is 3. The van der Waals surface area contributed by atoms with Gasteiger partial charge in [0, 0.05) is 13.1 Å². The summed E-state index contributed by atoms with van der Waals surface area (Å²) < 4.78 is 0. The second-order valence-corrected chi connectivity index (χ2v) is 6.76. The summed E-state index contributed by atoms with van der Waals surface area (Å²) in [5.41, 5.74) is 7.05. The molecule has 2 N–H and O–H groups in total. The Hall–Kier alpha value is -1.35. The molecule has 20 heavy (non-hydrogen) atoms. The van der Waals surface area contributed by atoms with Crippen molar-refractivity contribution in [2.75, 3.05) is 19.6 Å². The van der Waals surface area contributed by atoms with E-state index < -0.39 is 0 Å². The zero-order valence-corrected chi connectivity index (χ0v) is 12.3. The molecule has 3 heteroatoms. The SMILES string of the molecule is CC1(CN)CCN(C(=O)C2(c3ccccc3)CC2)CC1. The van der Waals surface area contributed by atoms with Crippen molar-refractivity contribution < 1.29 is 4.79 Å². The minimum atomic E-state index is -0.211. The fraction of sp³-hybridized carbons (Fsp3) is 0.588. The van der Waals surface area contributed by atoms with Gasteiger partial charge in [0.15, 0.2) is 0 Å². The maximum absolute atomic E-state index is 12.9. The Balaban J connectivity index is 1.72. The Morgan fingerprint density at radius 3 is 2.25 bits per heavy atom. The molecule has 1 aliphatic carbocycles. The Morgan fingerprint density at radius 1 is 1.15 bits per heavy atom. The molecule has 1 aromatic carbocycles. The van der Waals surface area contributed by atoms with Crippen molar-refractivity contribution in [2.24, 2.45) is 11.1 Å². The predicted octanol–water partition coefficient (Wildman–Crippen LogP) is 2.31. The number of amides is 1. The van der Waals surface area contributed by atoms with E-state index in [1.54, 1.807) is 0 Å². The minimum absolute atomic E-state index is 0.211. The van der Waals surface area contributed by atoms with E-state index in [-0.39, 0.29) is 10.8 Å². The summed E-state index contributed by atoms with van der Waals surface area (Å²) in [6, 6.07) is 10.3. The van der Waals surface area contributed by atoms with Crippen LogP contribution < -0.4 is 5.73 Å². The highest BCUT2D eigenvalue weighted by molar-refractivity contribution is 5.91. The Morgan fingerprint density at radius 2 is 1.75 bits per heavy atom. The second kappa shape index (κ2) is 4.88. The van der Waals surface area contributed by atoms with Gasteiger partial charge in [-0.1, -0.05) is 37.3 Å². The van der Waals surface area contributed by atoms with Crippen molar-refractivity contribution in [3.8, 4) is 0 Å². The average Bonchev–Trinajstić information content (AvgIpc) is 3.30. The first-order valence-corrected chi connectivity index (χ1v) is 7.65. The van der Waals surface area contributed by atoms with Gasteiger partial charge in [-0.05, 0) is 43.2 Å². The highest BCUT2D eigenvalue weighted by atomic mass is 16.2. The third-order valence-corrected chi connectivity index (χ3v) is 5.24. The van der Waals surface area contributed by atoms with Crippen LogP contribution in [0.25, 0.3) is 0 Å². The van der Waals surface area contributed by atoms with E-state index in [1.165, 1.54) is 5.56 Å². The summed E-state index contributed by atoms with van der Waals surface area (Å²) in [5.74, 6) is 0.336. The van der Waals surface area contributed by atoms with E-state index in [4.69, 9.17) is 5.73 Å². The van der Waals surface area contributed by atoms with Crippen LogP contribution in [0.1, 0.15) is 38.2 Å². The molecule has 1 aromatic rings. The lowest BCUT2D eigenvalue weighted by Crippen LogP contribution is -2.48. The average molecular weight is 272 g/mol. The number of nitrogens with two attached hydrogens (primary N) is 1. The predicted molar refractivity (Wildman–Crippen MR) is 80.3 cm³/mol. The Labute approximate surface area is 121 Å². The van der Waals surface area contributed by atoms with Crippen LogP contribution in [0.3, 0.4) is 0 Å². The minimum Gasteiger partial charge on any atom is -0.342 e. The molecule has 0 aromatic heterocycles. The first-order chi connectivity index (χ1) is 9.60.